The first-order chi connectivity index (χ1) is 13.5. The number of methoxy groups -OCH3 is 1. The smallest absolute Gasteiger partial charge is 0.338 e. The van der Waals surface area contributed by atoms with E-state index in [0.29, 0.717) is 17.7 Å². The Balaban J connectivity index is 1.72. The average molecular weight is 381 g/mol. The van der Waals surface area contributed by atoms with Crippen LogP contribution < -0.4 is 5.32 Å². The summed E-state index contributed by atoms with van der Waals surface area (Å²) in [5, 5.41) is 2.69. The number of esters is 1. The lowest BCUT2D eigenvalue weighted by molar-refractivity contribution is -0.125. The molecule has 1 amide bonds. The molecule has 0 fully saturated rings. The molecule has 2 aromatic carbocycles. The minimum Gasteiger partial charge on any atom is -0.452 e. The lowest BCUT2D eigenvalue weighted by atomic mass is 10.2. The number of rotatable bonds is 7. The number of benzene rings is 2. The minimum absolute atomic E-state index is 0.155. The SMILES string of the molecule is COCC(C)NC(=O)COC(=O)c1ccc2c(c1)nc(C)n2-c1ccccc1. The third-order valence-electron chi connectivity index (χ3n) is 4.23. The number of aryl methyl sites for hydroxylation is 1. The van der Waals surface area contributed by atoms with Crippen LogP contribution in [0.3, 0.4) is 0 Å². The van der Waals surface area contributed by atoms with Gasteiger partial charge in [0.15, 0.2) is 6.61 Å². The molecular formula is C21H23N3O4. The molecule has 0 saturated carbocycles. The van der Waals surface area contributed by atoms with Gasteiger partial charge in [0.1, 0.15) is 5.82 Å². The van der Waals surface area contributed by atoms with E-state index in [2.05, 4.69) is 10.3 Å². The molecule has 0 spiro atoms. The molecule has 0 bridgehead atoms. The van der Waals surface area contributed by atoms with Crippen LogP contribution in [0, 0.1) is 6.92 Å². The number of nitrogens with zero attached hydrogens (tertiary/aromatic N) is 2. The Kier molecular flexibility index (Phi) is 6.06. The molecule has 1 heterocycles. The molecule has 0 saturated heterocycles. The maximum absolute atomic E-state index is 12.3. The predicted molar refractivity (Wildman–Crippen MR) is 106 cm³/mol. The number of amides is 1. The molecule has 0 aliphatic rings. The molecule has 146 valence electrons. The van der Waals surface area contributed by atoms with Crippen molar-refractivity contribution in [3.63, 3.8) is 0 Å². The number of para-hydroxylation sites is 1. The molecule has 28 heavy (non-hydrogen) atoms. The Labute approximate surface area is 163 Å². The number of aromatic nitrogens is 2. The fourth-order valence-corrected chi connectivity index (χ4v) is 3.05. The maximum Gasteiger partial charge on any atom is 0.338 e. The van der Waals surface area contributed by atoms with E-state index in [4.69, 9.17) is 9.47 Å². The second-order valence-electron chi connectivity index (χ2n) is 6.53. The van der Waals surface area contributed by atoms with Gasteiger partial charge >= 0.3 is 5.97 Å². The van der Waals surface area contributed by atoms with Crippen molar-refractivity contribution in [1.82, 2.24) is 14.9 Å². The number of nitrogens with one attached hydrogen (secondary N) is 1. The molecular weight excluding hydrogens is 358 g/mol. The summed E-state index contributed by atoms with van der Waals surface area (Å²) in [6.45, 7) is 3.77. The largest absolute Gasteiger partial charge is 0.452 e. The van der Waals surface area contributed by atoms with E-state index in [-0.39, 0.29) is 18.6 Å². The summed E-state index contributed by atoms with van der Waals surface area (Å²) < 4.78 is 12.1. The van der Waals surface area contributed by atoms with Gasteiger partial charge in [-0.3, -0.25) is 9.36 Å². The number of ether oxygens (including phenoxy) is 2. The van der Waals surface area contributed by atoms with Crippen molar-refractivity contribution in [3.8, 4) is 5.69 Å². The number of hydrogen-bond acceptors (Lipinski definition) is 5. The van der Waals surface area contributed by atoms with Crippen molar-refractivity contribution in [2.24, 2.45) is 0 Å². The Morgan fingerprint density at radius 3 is 2.64 bits per heavy atom. The summed E-state index contributed by atoms with van der Waals surface area (Å²) in [7, 11) is 1.56. The van der Waals surface area contributed by atoms with Crippen molar-refractivity contribution in [1.29, 1.82) is 0 Å². The van der Waals surface area contributed by atoms with Gasteiger partial charge in [0.2, 0.25) is 0 Å². The summed E-state index contributed by atoms with van der Waals surface area (Å²) in [4.78, 5) is 28.7. The molecule has 0 aliphatic heterocycles. The van der Waals surface area contributed by atoms with Gasteiger partial charge in [-0.25, -0.2) is 9.78 Å². The molecule has 1 aromatic heterocycles. The van der Waals surface area contributed by atoms with Gasteiger partial charge in [-0.2, -0.15) is 0 Å². The normalized spacial score (nSPS) is 12.0. The van der Waals surface area contributed by atoms with Crippen LogP contribution in [0.25, 0.3) is 16.7 Å². The Hall–Kier alpha value is -3.19. The van der Waals surface area contributed by atoms with E-state index < -0.39 is 5.97 Å². The highest BCUT2D eigenvalue weighted by Gasteiger charge is 2.15. The highest BCUT2D eigenvalue weighted by atomic mass is 16.5. The quantitative estimate of drug-likeness (QED) is 0.636. The van der Waals surface area contributed by atoms with Crippen LogP contribution in [0.15, 0.2) is 48.5 Å². The second-order valence-corrected chi connectivity index (χ2v) is 6.53. The van der Waals surface area contributed by atoms with Gasteiger partial charge in [0, 0.05) is 18.8 Å². The van der Waals surface area contributed by atoms with Crippen molar-refractivity contribution in [2.45, 2.75) is 19.9 Å². The maximum atomic E-state index is 12.3. The van der Waals surface area contributed by atoms with E-state index in [1.165, 1.54) is 0 Å². The molecule has 3 aromatic rings. The highest BCUT2D eigenvalue weighted by Crippen LogP contribution is 2.22. The zero-order chi connectivity index (χ0) is 20.1. The molecule has 1 N–H and O–H groups in total. The van der Waals surface area contributed by atoms with Gasteiger partial charge in [0.25, 0.3) is 5.91 Å². The fourth-order valence-electron chi connectivity index (χ4n) is 3.05. The Morgan fingerprint density at radius 1 is 1.18 bits per heavy atom. The molecule has 3 rings (SSSR count). The molecule has 7 heteroatoms. The van der Waals surface area contributed by atoms with Crippen LogP contribution in [-0.4, -0.2) is 47.8 Å². The van der Waals surface area contributed by atoms with Crippen LogP contribution in [-0.2, 0) is 14.3 Å². The van der Waals surface area contributed by atoms with Gasteiger partial charge in [-0.1, -0.05) is 18.2 Å². The molecule has 0 radical (unpaired) electrons. The first kappa shape index (κ1) is 19.6. The third kappa shape index (κ3) is 4.37. The van der Waals surface area contributed by atoms with E-state index in [1.54, 1.807) is 19.2 Å². The summed E-state index contributed by atoms with van der Waals surface area (Å²) in [6.07, 6.45) is 0. The molecule has 7 nitrogen and oxygen atoms in total. The number of carbonyl (C=O) groups excluding carboxylic acids is 2. The Morgan fingerprint density at radius 2 is 1.93 bits per heavy atom. The van der Waals surface area contributed by atoms with E-state index in [0.717, 1.165) is 17.0 Å². The van der Waals surface area contributed by atoms with Crippen LogP contribution in [0.1, 0.15) is 23.1 Å². The summed E-state index contributed by atoms with van der Waals surface area (Å²) in [6, 6.07) is 14.9. The number of imidazole rings is 1. The lowest BCUT2D eigenvalue weighted by Gasteiger charge is -2.12. The predicted octanol–water partition coefficient (Wildman–Crippen LogP) is 2.64. The minimum atomic E-state index is -0.566. The summed E-state index contributed by atoms with van der Waals surface area (Å²) in [5.41, 5.74) is 2.93. The Bertz CT molecular complexity index is 982. The molecule has 1 unspecified atom stereocenters. The van der Waals surface area contributed by atoms with E-state index in [1.807, 2.05) is 54.8 Å². The first-order valence-electron chi connectivity index (χ1n) is 8.99. The van der Waals surface area contributed by atoms with Crippen LogP contribution in [0.5, 0.6) is 0 Å². The van der Waals surface area contributed by atoms with Crippen molar-refractivity contribution < 1.29 is 19.1 Å². The van der Waals surface area contributed by atoms with Gasteiger partial charge in [-0.15, -0.1) is 0 Å². The highest BCUT2D eigenvalue weighted by molar-refractivity contribution is 5.95. The van der Waals surface area contributed by atoms with Crippen LogP contribution in [0.4, 0.5) is 0 Å². The number of hydrogen-bond donors (Lipinski definition) is 1. The van der Waals surface area contributed by atoms with Gasteiger partial charge in [0.05, 0.1) is 23.2 Å². The first-order valence-corrected chi connectivity index (χ1v) is 8.99. The summed E-state index contributed by atoms with van der Waals surface area (Å²) >= 11 is 0. The van der Waals surface area contributed by atoms with Crippen molar-refractivity contribution in [2.75, 3.05) is 20.3 Å². The van der Waals surface area contributed by atoms with Crippen LogP contribution >= 0.6 is 0 Å². The van der Waals surface area contributed by atoms with Gasteiger partial charge in [-0.05, 0) is 44.2 Å². The zero-order valence-corrected chi connectivity index (χ0v) is 16.1. The van der Waals surface area contributed by atoms with Crippen LogP contribution in [0.2, 0.25) is 0 Å². The van der Waals surface area contributed by atoms with Crippen molar-refractivity contribution >= 4 is 22.9 Å². The van der Waals surface area contributed by atoms with Gasteiger partial charge < -0.3 is 14.8 Å². The number of carbonyl (C=O) groups is 2. The third-order valence-corrected chi connectivity index (χ3v) is 4.23. The van der Waals surface area contributed by atoms with E-state index in [9.17, 15) is 9.59 Å². The van der Waals surface area contributed by atoms with Crippen molar-refractivity contribution in [3.05, 3.63) is 59.9 Å². The topological polar surface area (TPSA) is 82.4 Å². The fraction of sp³-hybridized carbons (Fsp3) is 0.286. The number of fused-ring (bicyclic) bond motifs is 1. The lowest BCUT2D eigenvalue weighted by Crippen LogP contribution is -2.38. The average Bonchev–Trinajstić information content (AvgIpc) is 3.01. The zero-order valence-electron chi connectivity index (χ0n) is 16.1. The second kappa shape index (κ2) is 8.67. The van der Waals surface area contributed by atoms with E-state index >= 15 is 0 Å². The monoisotopic (exact) mass is 381 g/mol. The molecule has 1 atom stereocenters. The standard InChI is InChI=1S/C21H23N3O4/c1-14(12-27-3)22-20(25)13-28-21(26)16-9-10-19-18(11-16)23-15(2)24(19)17-7-5-4-6-8-17/h4-11,14H,12-13H2,1-3H3,(H,22,25). The molecule has 0 aliphatic carbocycles. The summed E-state index contributed by atoms with van der Waals surface area (Å²) in [5.74, 6) is -0.121.